The number of benzene rings is 1. The van der Waals surface area contributed by atoms with E-state index in [1.807, 2.05) is 49.1 Å². The lowest BCUT2D eigenvalue weighted by Gasteiger charge is -2.32. The molecule has 1 aromatic carbocycles. The van der Waals surface area contributed by atoms with Gasteiger partial charge in [-0.2, -0.15) is 0 Å². The van der Waals surface area contributed by atoms with Crippen LogP contribution in [0.1, 0.15) is 43.6 Å². The number of aromatic nitrogens is 1. The van der Waals surface area contributed by atoms with Gasteiger partial charge in [0.25, 0.3) is 0 Å². The van der Waals surface area contributed by atoms with Gasteiger partial charge >= 0.3 is 0 Å². The van der Waals surface area contributed by atoms with E-state index in [1.165, 1.54) is 0 Å². The standard InChI is InChI=1S/C20H22ClN3OS/c1-3-14-12-26-20-23-18(16-7-5-6-10-22-16)19(24(14)20)13-8-9-17(25-4-2)15(21)11-13/h5-11,14,18-19H,3-4,12H2,1-2H3/t14-,18+,19+/m0/s1. The molecule has 2 aliphatic heterocycles. The number of thioether (sulfide) groups is 1. The molecule has 6 heteroatoms. The lowest BCUT2D eigenvalue weighted by molar-refractivity contribution is 0.255. The van der Waals surface area contributed by atoms with Crippen LogP contribution in [-0.2, 0) is 0 Å². The van der Waals surface area contributed by atoms with E-state index in [-0.39, 0.29) is 12.1 Å². The molecule has 0 saturated carbocycles. The second-order valence-electron chi connectivity index (χ2n) is 6.46. The van der Waals surface area contributed by atoms with Gasteiger partial charge in [0.1, 0.15) is 11.8 Å². The summed E-state index contributed by atoms with van der Waals surface area (Å²) in [5.41, 5.74) is 2.16. The van der Waals surface area contributed by atoms with Crippen LogP contribution in [0, 0.1) is 0 Å². The molecule has 0 unspecified atom stereocenters. The first-order chi connectivity index (χ1) is 12.7. The molecule has 0 bridgehead atoms. The van der Waals surface area contributed by atoms with Crippen LogP contribution in [0.4, 0.5) is 0 Å². The van der Waals surface area contributed by atoms with Crippen LogP contribution in [0.2, 0.25) is 5.02 Å². The molecule has 0 amide bonds. The second-order valence-corrected chi connectivity index (χ2v) is 7.85. The van der Waals surface area contributed by atoms with E-state index in [1.54, 1.807) is 0 Å². The average Bonchev–Trinajstić information content (AvgIpc) is 3.23. The molecule has 3 heterocycles. The van der Waals surface area contributed by atoms with E-state index in [9.17, 15) is 0 Å². The Morgan fingerprint density at radius 1 is 1.27 bits per heavy atom. The van der Waals surface area contributed by atoms with Gasteiger partial charge in [0.2, 0.25) is 0 Å². The number of aliphatic imine (C=N–C) groups is 1. The van der Waals surface area contributed by atoms with Crippen molar-refractivity contribution < 1.29 is 4.74 Å². The molecular formula is C20H22ClN3OS. The second kappa shape index (κ2) is 7.49. The van der Waals surface area contributed by atoms with Crippen molar-refractivity contribution in [2.24, 2.45) is 4.99 Å². The van der Waals surface area contributed by atoms with Gasteiger partial charge in [-0.15, -0.1) is 0 Å². The Hall–Kier alpha value is -1.72. The molecule has 136 valence electrons. The van der Waals surface area contributed by atoms with Crippen LogP contribution < -0.4 is 4.74 Å². The first-order valence-corrected chi connectivity index (χ1v) is 10.4. The van der Waals surface area contributed by atoms with E-state index in [2.05, 4.69) is 28.9 Å². The predicted octanol–water partition coefficient (Wildman–Crippen LogP) is 5.11. The number of ether oxygens (including phenoxy) is 1. The number of hydrogen-bond donors (Lipinski definition) is 0. The van der Waals surface area contributed by atoms with E-state index in [0.29, 0.717) is 17.7 Å². The largest absolute Gasteiger partial charge is 0.492 e. The molecule has 2 aromatic rings. The van der Waals surface area contributed by atoms with Gasteiger partial charge in [-0.3, -0.25) is 9.98 Å². The fourth-order valence-corrected chi connectivity index (χ4v) is 5.26. The van der Waals surface area contributed by atoms with Gasteiger partial charge in [0.15, 0.2) is 5.17 Å². The summed E-state index contributed by atoms with van der Waals surface area (Å²) in [6.45, 7) is 4.81. The number of hydrogen-bond acceptors (Lipinski definition) is 5. The zero-order valence-corrected chi connectivity index (χ0v) is 16.5. The maximum atomic E-state index is 6.49. The quantitative estimate of drug-likeness (QED) is 0.714. The molecule has 0 spiro atoms. The summed E-state index contributed by atoms with van der Waals surface area (Å²) in [6, 6.07) is 12.7. The molecule has 0 N–H and O–H groups in total. The van der Waals surface area contributed by atoms with Crippen LogP contribution in [0.15, 0.2) is 47.6 Å². The van der Waals surface area contributed by atoms with Gasteiger partial charge in [-0.05, 0) is 43.2 Å². The molecule has 4 rings (SSSR count). The summed E-state index contributed by atoms with van der Waals surface area (Å²) in [7, 11) is 0. The molecule has 3 atom stereocenters. The number of halogens is 1. The third-order valence-electron chi connectivity index (χ3n) is 4.93. The van der Waals surface area contributed by atoms with Crippen LogP contribution in [-0.4, -0.2) is 33.5 Å². The monoisotopic (exact) mass is 387 g/mol. The third-order valence-corrected chi connectivity index (χ3v) is 6.35. The molecule has 1 fully saturated rings. The Morgan fingerprint density at radius 2 is 2.15 bits per heavy atom. The fraction of sp³-hybridized carbons (Fsp3) is 0.400. The number of nitrogens with zero attached hydrogens (tertiary/aromatic N) is 3. The lowest BCUT2D eigenvalue weighted by Crippen LogP contribution is -2.35. The van der Waals surface area contributed by atoms with Crippen LogP contribution >= 0.6 is 23.4 Å². The average molecular weight is 388 g/mol. The number of rotatable bonds is 5. The highest BCUT2D eigenvalue weighted by Crippen LogP contribution is 2.49. The van der Waals surface area contributed by atoms with Gasteiger partial charge < -0.3 is 9.64 Å². The maximum absolute atomic E-state index is 6.49. The highest BCUT2D eigenvalue weighted by molar-refractivity contribution is 8.14. The van der Waals surface area contributed by atoms with Crippen molar-refractivity contribution >= 4 is 28.5 Å². The summed E-state index contributed by atoms with van der Waals surface area (Å²) >= 11 is 8.34. The predicted molar refractivity (Wildman–Crippen MR) is 108 cm³/mol. The third kappa shape index (κ3) is 3.08. The minimum Gasteiger partial charge on any atom is -0.492 e. The molecule has 0 aliphatic carbocycles. The van der Waals surface area contributed by atoms with E-state index < -0.39 is 0 Å². The summed E-state index contributed by atoms with van der Waals surface area (Å²) in [5.74, 6) is 1.82. The SMILES string of the molecule is CCOc1ccc([C@@H]2[C@@H](c3ccccn3)N=C3SC[C@H](CC)N32)cc1Cl. The summed E-state index contributed by atoms with van der Waals surface area (Å²) < 4.78 is 5.60. The fourth-order valence-electron chi connectivity index (χ4n) is 3.68. The van der Waals surface area contributed by atoms with Crippen molar-refractivity contribution in [3.8, 4) is 5.75 Å². The lowest BCUT2D eigenvalue weighted by atomic mass is 9.95. The Balaban J connectivity index is 1.76. The molecule has 2 aliphatic rings. The van der Waals surface area contributed by atoms with Gasteiger partial charge in [0.05, 0.1) is 23.4 Å². The van der Waals surface area contributed by atoms with Crippen molar-refractivity contribution in [1.82, 2.24) is 9.88 Å². The zero-order valence-electron chi connectivity index (χ0n) is 14.9. The molecule has 4 nitrogen and oxygen atoms in total. The summed E-state index contributed by atoms with van der Waals surface area (Å²) in [5, 5.41) is 1.78. The van der Waals surface area contributed by atoms with E-state index in [0.717, 1.165) is 34.3 Å². The molecular weight excluding hydrogens is 366 g/mol. The van der Waals surface area contributed by atoms with Crippen molar-refractivity contribution in [3.05, 3.63) is 58.9 Å². The van der Waals surface area contributed by atoms with Crippen molar-refractivity contribution in [1.29, 1.82) is 0 Å². The van der Waals surface area contributed by atoms with Crippen LogP contribution in [0.3, 0.4) is 0 Å². The Labute approximate surface area is 163 Å². The van der Waals surface area contributed by atoms with E-state index >= 15 is 0 Å². The van der Waals surface area contributed by atoms with Crippen molar-refractivity contribution in [3.63, 3.8) is 0 Å². The van der Waals surface area contributed by atoms with Crippen LogP contribution in [0.25, 0.3) is 0 Å². The Kier molecular flexibility index (Phi) is 5.09. The summed E-state index contributed by atoms with van der Waals surface area (Å²) in [4.78, 5) is 12.1. The molecule has 0 radical (unpaired) electrons. The van der Waals surface area contributed by atoms with E-state index in [4.69, 9.17) is 21.3 Å². The first-order valence-electron chi connectivity index (χ1n) is 9.05. The minimum absolute atomic E-state index is 0.0120. The Bertz CT molecular complexity index is 814. The number of pyridine rings is 1. The maximum Gasteiger partial charge on any atom is 0.160 e. The van der Waals surface area contributed by atoms with Gasteiger partial charge in [-0.25, -0.2) is 0 Å². The highest BCUT2D eigenvalue weighted by atomic mass is 35.5. The van der Waals surface area contributed by atoms with Gasteiger partial charge in [0, 0.05) is 18.0 Å². The Morgan fingerprint density at radius 3 is 2.85 bits per heavy atom. The number of amidine groups is 1. The molecule has 1 saturated heterocycles. The minimum atomic E-state index is -0.0120. The highest BCUT2D eigenvalue weighted by Gasteiger charge is 2.45. The first kappa shape index (κ1) is 17.7. The topological polar surface area (TPSA) is 37.7 Å². The van der Waals surface area contributed by atoms with Crippen LogP contribution in [0.5, 0.6) is 5.75 Å². The summed E-state index contributed by atoms with van der Waals surface area (Å²) in [6.07, 6.45) is 2.94. The molecule has 26 heavy (non-hydrogen) atoms. The van der Waals surface area contributed by atoms with Crippen molar-refractivity contribution in [2.45, 2.75) is 38.4 Å². The smallest absolute Gasteiger partial charge is 0.160 e. The number of fused-ring (bicyclic) bond motifs is 1. The molecule has 1 aromatic heterocycles. The van der Waals surface area contributed by atoms with Gasteiger partial charge in [-0.1, -0.05) is 42.4 Å². The normalized spacial score (nSPS) is 24.5. The van der Waals surface area contributed by atoms with Crippen molar-refractivity contribution in [2.75, 3.05) is 12.4 Å². The zero-order chi connectivity index (χ0) is 18.1.